The van der Waals surface area contributed by atoms with Crippen molar-refractivity contribution in [1.82, 2.24) is 10.2 Å². The third-order valence-corrected chi connectivity index (χ3v) is 3.75. The lowest BCUT2D eigenvalue weighted by molar-refractivity contribution is -0.126. The number of amides is 2. The number of carbonyl (C=O) groups excluding carboxylic acids is 2. The fourth-order valence-corrected chi connectivity index (χ4v) is 2.66. The largest absolute Gasteiger partial charge is 0.457 e. The van der Waals surface area contributed by atoms with E-state index in [1.165, 1.54) is 6.26 Å². The van der Waals surface area contributed by atoms with Gasteiger partial charge in [-0.15, -0.1) is 0 Å². The highest BCUT2D eigenvalue weighted by Crippen LogP contribution is 2.21. The van der Waals surface area contributed by atoms with Crippen molar-refractivity contribution in [1.29, 1.82) is 0 Å². The molecule has 110 valence electrons. The van der Waals surface area contributed by atoms with Gasteiger partial charge in [0, 0.05) is 32.2 Å². The molecule has 0 radical (unpaired) electrons. The number of carbonyl (C=O) groups is 2. The Balaban J connectivity index is 1.96. The summed E-state index contributed by atoms with van der Waals surface area (Å²) in [5.74, 6) is -0.285. The van der Waals surface area contributed by atoms with E-state index < -0.39 is 0 Å². The van der Waals surface area contributed by atoms with Gasteiger partial charge in [-0.3, -0.25) is 9.59 Å². The van der Waals surface area contributed by atoms with Crippen LogP contribution in [0.2, 0.25) is 0 Å². The summed E-state index contributed by atoms with van der Waals surface area (Å²) in [6.07, 6.45) is 3.05. The zero-order valence-corrected chi connectivity index (χ0v) is 12.7. The lowest BCUT2D eigenvalue weighted by Gasteiger charge is -2.31. The van der Waals surface area contributed by atoms with E-state index in [1.807, 2.05) is 0 Å². The van der Waals surface area contributed by atoms with Crippen LogP contribution in [0.4, 0.5) is 0 Å². The van der Waals surface area contributed by atoms with Crippen LogP contribution in [0.3, 0.4) is 0 Å². The topological polar surface area (TPSA) is 88.6 Å². The van der Waals surface area contributed by atoms with Crippen LogP contribution in [0, 0.1) is 5.92 Å². The lowest BCUT2D eigenvalue weighted by atomic mass is 9.96. The van der Waals surface area contributed by atoms with E-state index in [0.717, 1.165) is 12.8 Å². The molecule has 3 N–H and O–H groups in total. The monoisotopic (exact) mass is 343 g/mol. The van der Waals surface area contributed by atoms with Gasteiger partial charge in [-0.1, -0.05) is 0 Å². The molecule has 1 fully saturated rings. The maximum absolute atomic E-state index is 12.3. The Bertz CT molecular complexity index is 489. The Kier molecular flexibility index (Phi) is 5.19. The third kappa shape index (κ3) is 3.61. The molecule has 20 heavy (non-hydrogen) atoms. The molecular formula is C13H18BrN3O3. The molecule has 1 aliphatic rings. The molecule has 0 aromatic carbocycles. The number of furan rings is 1. The van der Waals surface area contributed by atoms with Crippen LogP contribution in [0.15, 0.2) is 21.4 Å². The molecule has 0 aliphatic carbocycles. The summed E-state index contributed by atoms with van der Waals surface area (Å²) < 4.78 is 5.60. The first-order valence-electron chi connectivity index (χ1n) is 6.63. The molecule has 6 nitrogen and oxygen atoms in total. The number of nitrogens with one attached hydrogen (secondary N) is 1. The Morgan fingerprint density at radius 2 is 2.35 bits per heavy atom. The number of hydrogen-bond acceptors (Lipinski definition) is 4. The lowest BCUT2D eigenvalue weighted by Crippen LogP contribution is -2.46. The zero-order chi connectivity index (χ0) is 14.5. The van der Waals surface area contributed by atoms with E-state index in [2.05, 4.69) is 21.2 Å². The van der Waals surface area contributed by atoms with Crippen LogP contribution >= 0.6 is 15.9 Å². The second-order valence-electron chi connectivity index (χ2n) is 4.81. The predicted octanol–water partition coefficient (Wildman–Crippen LogP) is 0.969. The number of nitrogens with two attached hydrogens (primary N) is 1. The van der Waals surface area contributed by atoms with Gasteiger partial charge in [0.05, 0.1) is 11.5 Å². The fourth-order valence-electron chi connectivity index (χ4n) is 2.32. The van der Waals surface area contributed by atoms with Gasteiger partial charge in [0.25, 0.3) is 5.91 Å². The summed E-state index contributed by atoms with van der Waals surface area (Å²) in [5.41, 5.74) is 5.87. The molecule has 0 bridgehead atoms. The minimum atomic E-state index is -0.158. The Morgan fingerprint density at radius 1 is 1.55 bits per heavy atom. The average molecular weight is 344 g/mol. The van der Waals surface area contributed by atoms with E-state index >= 15 is 0 Å². The molecule has 2 amide bonds. The van der Waals surface area contributed by atoms with Crippen molar-refractivity contribution in [2.24, 2.45) is 11.7 Å². The maximum atomic E-state index is 12.3. The molecule has 1 atom stereocenters. The molecule has 0 saturated carbocycles. The second-order valence-corrected chi connectivity index (χ2v) is 5.59. The van der Waals surface area contributed by atoms with E-state index in [4.69, 9.17) is 10.2 Å². The minimum absolute atomic E-state index is 0.0266. The third-order valence-electron chi connectivity index (χ3n) is 3.34. The first kappa shape index (κ1) is 15.1. The van der Waals surface area contributed by atoms with Gasteiger partial charge < -0.3 is 20.4 Å². The van der Waals surface area contributed by atoms with E-state index in [-0.39, 0.29) is 17.7 Å². The average Bonchev–Trinajstić information content (AvgIpc) is 2.90. The molecule has 1 unspecified atom stereocenters. The smallest absolute Gasteiger partial charge is 0.257 e. The van der Waals surface area contributed by atoms with Crippen molar-refractivity contribution in [2.45, 2.75) is 12.8 Å². The van der Waals surface area contributed by atoms with Crippen molar-refractivity contribution >= 4 is 27.7 Å². The number of hydrogen-bond donors (Lipinski definition) is 2. The second kappa shape index (κ2) is 6.90. The molecule has 1 aromatic rings. The van der Waals surface area contributed by atoms with Crippen molar-refractivity contribution in [3.63, 3.8) is 0 Å². The highest BCUT2D eigenvalue weighted by atomic mass is 79.9. The quantitative estimate of drug-likeness (QED) is 0.852. The number of rotatable bonds is 4. The van der Waals surface area contributed by atoms with Crippen molar-refractivity contribution in [2.75, 3.05) is 26.2 Å². The molecule has 7 heteroatoms. The summed E-state index contributed by atoms with van der Waals surface area (Å²) in [7, 11) is 0. The van der Waals surface area contributed by atoms with Crippen LogP contribution in [-0.4, -0.2) is 42.9 Å². The van der Waals surface area contributed by atoms with Crippen molar-refractivity contribution < 1.29 is 14.0 Å². The van der Waals surface area contributed by atoms with Gasteiger partial charge in [0.1, 0.15) is 6.26 Å². The van der Waals surface area contributed by atoms with E-state index in [1.54, 1.807) is 11.0 Å². The predicted molar refractivity (Wildman–Crippen MR) is 77.1 cm³/mol. The SMILES string of the molecule is NCCNC(=O)C1CCCN(C(=O)c2coc(Br)c2)C1. The number of halogens is 1. The molecule has 1 aromatic heterocycles. The molecule has 2 heterocycles. The zero-order valence-electron chi connectivity index (χ0n) is 11.1. The summed E-state index contributed by atoms with van der Waals surface area (Å²) in [5, 5.41) is 2.78. The first-order valence-corrected chi connectivity index (χ1v) is 7.42. The maximum Gasteiger partial charge on any atom is 0.257 e. The van der Waals surface area contributed by atoms with Gasteiger partial charge in [0.2, 0.25) is 5.91 Å². The summed E-state index contributed by atoms with van der Waals surface area (Å²) >= 11 is 3.17. The molecule has 2 rings (SSSR count). The van der Waals surface area contributed by atoms with Crippen LogP contribution in [0.1, 0.15) is 23.2 Å². The van der Waals surface area contributed by atoms with E-state index in [0.29, 0.717) is 36.4 Å². The summed E-state index contributed by atoms with van der Waals surface area (Å²) in [6.45, 7) is 2.00. The number of likely N-dealkylation sites (tertiary alicyclic amines) is 1. The first-order chi connectivity index (χ1) is 9.61. The minimum Gasteiger partial charge on any atom is -0.457 e. The van der Waals surface area contributed by atoms with Crippen molar-refractivity contribution in [3.8, 4) is 0 Å². The van der Waals surface area contributed by atoms with Gasteiger partial charge >= 0.3 is 0 Å². The van der Waals surface area contributed by atoms with Crippen LogP contribution < -0.4 is 11.1 Å². The van der Waals surface area contributed by atoms with Crippen molar-refractivity contribution in [3.05, 3.63) is 22.6 Å². The van der Waals surface area contributed by atoms with Gasteiger partial charge in [-0.25, -0.2) is 0 Å². The molecule has 1 saturated heterocycles. The normalized spacial score (nSPS) is 18.9. The Morgan fingerprint density at radius 3 is 3.00 bits per heavy atom. The van der Waals surface area contributed by atoms with Gasteiger partial charge in [-0.2, -0.15) is 0 Å². The number of piperidine rings is 1. The highest BCUT2D eigenvalue weighted by molar-refractivity contribution is 9.10. The molecule has 0 spiro atoms. The van der Waals surface area contributed by atoms with Crippen LogP contribution in [-0.2, 0) is 4.79 Å². The summed E-state index contributed by atoms with van der Waals surface area (Å²) in [6, 6.07) is 1.64. The Labute approximate surface area is 125 Å². The van der Waals surface area contributed by atoms with Crippen LogP contribution in [0.25, 0.3) is 0 Å². The molecule has 1 aliphatic heterocycles. The Hall–Kier alpha value is -1.34. The number of nitrogens with zero attached hydrogens (tertiary/aromatic N) is 1. The highest BCUT2D eigenvalue weighted by Gasteiger charge is 2.29. The van der Waals surface area contributed by atoms with Gasteiger partial charge in [-0.05, 0) is 28.8 Å². The van der Waals surface area contributed by atoms with Gasteiger partial charge in [0.15, 0.2) is 4.67 Å². The standard InChI is InChI=1S/C13H18BrN3O3/c14-11-6-10(8-20-11)13(19)17-5-1-2-9(7-17)12(18)16-4-3-15/h6,8-9H,1-5,7,15H2,(H,16,18). The van der Waals surface area contributed by atoms with E-state index in [9.17, 15) is 9.59 Å². The summed E-state index contributed by atoms with van der Waals surface area (Å²) in [4.78, 5) is 25.9. The molecular weight excluding hydrogens is 326 g/mol. The fraction of sp³-hybridized carbons (Fsp3) is 0.538. The van der Waals surface area contributed by atoms with Crippen LogP contribution in [0.5, 0.6) is 0 Å².